The van der Waals surface area contributed by atoms with Crippen LogP contribution >= 0.6 is 15.9 Å². The minimum absolute atomic E-state index is 0.355. The lowest BCUT2D eigenvalue weighted by Gasteiger charge is -2.32. The number of rotatable bonds is 2. The molecule has 0 amide bonds. The SMILES string of the molecule is CC1(C)OB(c2cc(Br)ccc2-n2ccnc2)OC1(C)C. The third-order valence-electron chi connectivity index (χ3n) is 4.28. The minimum atomic E-state index is -0.398. The van der Waals surface area contributed by atoms with E-state index >= 15 is 0 Å². The van der Waals surface area contributed by atoms with Crippen LogP contribution in [0.3, 0.4) is 0 Å². The fraction of sp³-hybridized carbons (Fsp3) is 0.400. The molecule has 110 valence electrons. The summed E-state index contributed by atoms with van der Waals surface area (Å²) < 4.78 is 15.3. The highest BCUT2D eigenvalue weighted by atomic mass is 79.9. The number of halogens is 1. The normalized spacial score (nSPS) is 20.0. The Morgan fingerprint density at radius 1 is 1.14 bits per heavy atom. The first-order valence-electron chi connectivity index (χ1n) is 6.94. The standard InChI is InChI=1S/C15H18BBrN2O2/c1-14(2)15(3,4)21-16(20-14)12-9-11(17)5-6-13(12)19-8-7-18-10-19/h5-10H,1-4H3. The molecule has 1 saturated heterocycles. The molecule has 0 aliphatic carbocycles. The van der Waals surface area contributed by atoms with Crippen molar-refractivity contribution >= 4 is 28.5 Å². The molecule has 0 atom stereocenters. The molecular weight excluding hydrogens is 331 g/mol. The van der Waals surface area contributed by atoms with Crippen LogP contribution in [0.2, 0.25) is 0 Å². The molecule has 6 heteroatoms. The van der Waals surface area contributed by atoms with Gasteiger partial charge in [-0.05, 0) is 45.9 Å². The zero-order valence-corrected chi connectivity index (χ0v) is 14.2. The lowest BCUT2D eigenvalue weighted by molar-refractivity contribution is 0.00578. The highest BCUT2D eigenvalue weighted by Gasteiger charge is 2.52. The molecular formula is C15H18BBrN2O2. The summed E-state index contributed by atoms with van der Waals surface area (Å²) in [4.78, 5) is 4.12. The molecule has 1 aromatic carbocycles. The average Bonchev–Trinajstić information content (AvgIpc) is 2.97. The Bertz CT molecular complexity index is 640. The number of imidazole rings is 1. The van der Waals surface area contributed by atoms with E-state index in [2.05, 4.69) is 48.6 Å². The van der Waals surface area contributed by atoms with Gasteiger partial charge < -0.3 is 13.9 Å². The first-order valence-corrected chi connectivity index (χ1v) is 7.73. The van der Waals surface area contributed by atoms with E-state index in [1.165, 1.54) is 0 Å². The molecule has 0 unspecified atom stereocenters. The Morgan fingerprint density at radius 2 is 1.81 bits per heavy atom. The molecule has 0 bridgehead atoms. The van der Waals surface area contributed by atoms with Gasteiger partial charge in [-0.15, -0.1) is 0 Å². The summed E-state index contributed by atoms with van der Waals surface area (Å²) >= 11 is 3.53. The average molecular weight is 349 g/mol. The van der Waals surface area contributed by atoms with Crippen molar-refractivity contribution in [1.82, 2.24) is 9.55 Å². The molecule has 0 N–H and O–H groups in total. The molecule has 2 heterocycles. The van der Waals surface area contributed by atoms with Crippen molar-refractivity contribution in [2.24, 2.45) is 0 Å². The smallest absolute Gasteiger partial charge is 0.399 e. The van der Waals surface area contributed by atoms with Crippen LogP contribution in [-0.2, 0) is 9.31 Å². The maximum Gasteiger partial charge on any atom is 0.497 e. The number of hydrogen-bond acceptors (Lipinski definition) is 3. The van der Waals surface area contributed by atoms with E-state index in [0.717, 1.165) is 15.6 Å². The van der Waals surface area contributed by atoms with E-state index < -0.39 is 7.12 Å². The van der Waals surface area contributed by atoms with Crippen molar-refractivity contribution in [1.29, 1.82) is 0 Å². The zero-order valence-electron chi connectivity index (χ0n) is 12.6. The first-order chi connectivity index (χ1) is 9.80. The van der Waals surface area contributed by atoms with Crippen molar-refractivity contribution < 1.29 is 9.31 Å². The Morgan fingerprint density at radius 3 is 2.38 bits per heavy atom. The molecule has 1 fully saturated rings. The Labute approximate surface area is 133 Å². The number of benzene rings is 1. The van der Waals surface area contributed by atoms with Crippen LogP contribution in [0, 0.1) is 0 Å². The number of nitrogens with zero attached hydrogens (tertiary/aromatic N) is 2. The van der Waals surface area contributed by atoms with E-state index in [9.17, 15) is 0 Å². The molecule has 1 aliphatic heterocycles. The second-order valence-corrected chi connectivity index (χ2v) is 7.18. The van der Waals surface area contributed by atoms with Gasteiger partial charge in [-0.1, -0.05) is 15.9 Å². The van der Waals surface area contributed by atoms with Gasteiger partial charge >= 0.3 is 7.12 Å². The topological polar surface area (TPSA) is 36.3 Å². The molecule has 4 nitrogen and oxygen atoms in total. The van der Waals surface area contributed by atoms with E-state index in [1.54, 1.807) is 12.5 Å². The minimum Gasteiger partial charge on any atom is -0.399 e. The highest BCUT2D eigenvalue weighted by Crippen LogP contribution is 2.37. The zero-order chi connectivity index (χ0) is 15.3. The van der Waals surface area contributed by atoms with Crippen molar-refractivity contribution in [3.05, 3.63) is 41.4 Å². The van der Waals surface area contributed by atoms with E-state index in [4.69, 9.17) is 9.31 Å². The van der Waals surface area contributed by atoms with Gasteiger partial charge in [-0.3, -0.25) is 0 Å². The largest absolute Gasteiger partial charge is 0.497 e. The second-order valence-electron chi connectivity index (χ2n) is 6.26. The van der Waals surface area contributed by atoms with Gasteiger partial charge in [0.2, 0.25) is 0 Å². The van der Waals surface area contributed by atoms with Gasteiger partial charge in [0.05, 0.1) is 17.5 Å². The summed E-state index contributed by atoms with van der Waals surface area (Å²) in [5.41, 5.74) is 1.29. The second kappa shape index (κ2) is 4.97. The first kappa shape index (κ1) is 14.8. The van der Waals surface area contributed by atoms with E-state index in [0.29, 0.717) is 0 Å². The monoisotopic (exact) mass is 348 g/mol. The van der Waals surface area contributed by atoms with Crippen LogP contribution in [0.1, 0.15) is 27.7 Å². The van der Waals surface area contributed by atoms with Crippen molar-refractivity contribution in [3.63, 3.8) is 0 Å². The fourth-order valence-electron chi connectivity index (χ4n) is 2.32. The summed E-state index contributed by atoms with van der Waals surface area (Å²) in [6.07, 6.45) is 5.45. The summed E-state index contributed by atoms with van der Waals surface area (Å²) in [7, 11) is -0.398. The lowest BCUT2D eigenvalue weighted by Crippen LogP contribution is -2.41. The summed E-state index contributed by atoms with van der Waals surface area (Å²) in [5.74, 6) is 0. The Balaban J connectivity index is 2.05. The van der Waals surface area contributed by atoms with Crippen LogP contribution in [0.25, 0.3) is 5.69 Å². The maximum absolute atomic E-state index is 6.17. The number of hydrogen-bond donors (Lipinski definition) is 0. The molecule has 3 rings (SSSR count). The van der Waals surface area contributed by atoms with Gasteiger partial charge in [-0.25, -0.2) is 4.98 Å². The summed E-state index contributed by atoms with van der Waals surface area (Å²) in [6, 6.07) is 6.08. The molecule has 2 aromatic rings. The Hall–Kier alpha value is -1.11. The van der Waals surface area contributed by atoms with Crippen molar-refractivity contribution in [3.8, 4) is 5.69 Å². The molecule has 21 heavy (non-hydrogen) atoms. The fourth-order valence-corrected chi connectivity index (χ4v) is 2.70. The van der Waals surface area contributed by atoms with Gasteiger partial charge in [-0.2, -0.15) is 0 Å². The molecule has 0 spiro atoms. The number of aromatic nitrogens is 2. The quantitative estimate of drug-likeness (QED) is 0.783. The van der Waals surface area contributed by atoms with Crippen molar-refractivity contribution in [2.45, 2.75) is 38.9 Å². The molecule has 1 aromatic heterocycles. The van der Waals surface area contributed by atoms with E-state index in [1.807, 2.05) is 29.0 Å². The van der Waals surface area contributed by atoms with Crippen LogP contribution in [0.5, 0.6) is 0 Å². The molecule has 0 saturated carbocycles. The van der Waals surface area contributed by atoms with Gasteiger partial charge in [0, 0.05) is 28.0 Å². The van der Waals surface area contributed by atoms with Gasteiger partial charge in [0.1, 0.15) is 0 Å². The summed E-state index contributed by atoms with van der Waals surface area (Å²) in [5, 5.41) is 0. The van der Waals surface area contributed by atoms with Crippen molar-refractivity contribution in [2.75, 3.05) is 0 Å². The summed E-state index contributed by atoms with van der Waals surface area (Å²) in [6.45, 7) is 8.23. The van der Waals surface area contributed by atoms with Gasteiger partial charge in [0.15, 0.2) is 0 Å². The Kier molecular flexibility index (Phi) is 3.51. The van der Waals surface area contributed by atoms with Crippen LogP contribution in [0.15, 0.2) is 41.4 Å². The van der Waals surface area contributed by atoms with Crippen LogP contribution < -0.4 is 5.46 Å². The van der Waals surface area contributed by atoms with Gasteiger partial charge in [0.25, 0.3) is 0 Å². The third kappa shape index (κ3) is 2.56. The van der Waals surface area contributed by atoms with Crippen LogP contribution in [0.4, 0.5) is 0 Å². The predicted octanol–water partition coefficient (Wildman–Crippen LogP) is 2.93. The molecule has 1 aliphatic rings. The lowest BCUT2D eigenvalue weighted by atomic mass is 9.77. The maximum atomic E-state index is 6.17. The molecule has 0 radical (unpaired) electrons. The van der Waals surface area contributed by atoms with E-state index in [-0.39, 0.29) is 11.2 Å². The predicted molar refractivity (Wildman–Crippen MR) is 87.0 cm³/mol. The van der Waals surface area contributed by atoms with Crippen LogP contribution in [-0.4, -0.2) is 27.9 Å². The third-order valence-corrected chi connectivity index (χ3v) is 4.77. The highest BCUT2D eigenvalue weighted by molar-refractivity contribution is 9.10.